The van der Waals surface area contributed by atoms with Gasteiger partial charge in [-0.1, -0.05) is 353 Å². The Morgan fingerprint density at radius 3 is 1.02 bits per heavy atom. The van der Waals surface area contributed by atoms with E-state index in [0.717, 1.165) is 96.3 Å². The van der Waals surface area contributed by atoms with Gasteiger partial charge < -0.3 is 28.8 Å². The van der Waals surface area contributed by atoms with Gasteiger partial charge >= 0.3 is 0 Å². The van der Waals surface area contributed by atoms with Crippen molar-refractivity contribution in [2.75, 3.05) is 40.9 Å². The van der Waals surface area contributed by atoms with Gasteiger partial charge in [0.1, 0.15) is 13.2 Å². The third kappa shape index (κ3) is 73.9. The maximum absolute atomic E-state index is 13.1. The smallest absolute Gasteiger partial charge is 0.268 e. The average molecular weight is 1290 g/mol. The van der Waals surface area contributed by atoms with Crippen LogP contribution in [0.5, 0.6) is 0 Å². The zero-order valence-corrected chi connectivity index (χ0v) is 60.9. The minimum absolute atomic E-state index is 0.0111. The zero-order valence-electron chi connectivity index (χ0n) is 60.0. The van der Waals surface area contributed by atoms with Crippen molar-refractivity contribution in [3.8, 4) is 0 Å². The van der Waals surface area contributed by atoms with Gasteiger partial charge in [0.05, 0.1) is 39.9 Å². The van der Waals surface area contributed by atoms with E-state index in [1.54, 1.807) is 6.08 Å². The van der Waals surface area contributed by atoms with Crippen molar-refractivity contribution in [2.45, 2.75) is 341 Å². The van der Waals surface area contributed by atoms with Crippen molar-refractivity contribution in [1.29, 1.82) is 0 Å². The highest BCUT2D eigenvalue weighted by molar-refractivity contribution is 7.45. The number of hydrogen-bond acceptors (Lipinski definition) is 6. The molecule has 9 heteroatoms. The maximum atomic E-state index is 13.1. The number of hydrogen-bond donors (Lipinski definition) is 2. The number of nitrogens with zero attached hydrogens (tertiary/aromatic N) is 1. The molecule has 3 unspecified atom stereocenters. The number of aliphatic hydroxyl groups excluding tert-OH is 1. The highest BCUT2D eigenvalue weighted by atomic mass is 31.2. The summed E-state index contributed by atoms with van der Waals surface area (Å²) in [5, 5.41) is 14.0. The molecule has 0 saturated heterocycles. The van der Waals surface area contributed by atoms with Gasteiger partial charge in [-0.3, -0.25) is 9.36 Å². The third-order valence-electron chi connectivity index (χ3n) is 16.6. The zero-order chi connectivity index (χ0) is 66.2. The number of nitrogens with one attached hydrogen (secondary N) is 1. The highest BCUT2D eigenvalue weighted by Gasteiger charge is 2.23. The number of amides is 1. The standard InChI is InChI=1S/C82H145N2O6P/c1-6-8-10-12-14-16-18-20-22-24-26-28-30-32-34-36-37-38-39-40-41-42-43-44-45-46-47-48-50-52-54-56-58-60-62-64-66-68-70-72-74-76-82(86)83-80(79-90-91(87,88)89-78-77-84(3,4)5)81(85)75-73-71-69-67-65-63-61-59-57-55-53-51-49-35-33-31-29-27-25-23-21-19-17-15-13-11-9-7-2/h8,10,14,16,20,22,26,28,32,34,37-38,40-41,43-44,46-47,65,67,73,75,80-81,85H,6-7,9,11-13,15,17-19,21,23-25,27,29-31,33,35-36,39,42,45,48-64,66,68-72,74,76-79H2,1-5H3,(H-,83,86,87,88)/b10-8-,16-14-,22-20-,28-26-,34-32-,38-37-,41-40-,44-43-,47-46-,67-65+,75-73+. The van der Waals surface area contributed by atoms with Gasteiger partial charge in [-0.2, -0.15) is 0 Å². The molecule has 0 fully saturated rings. The monoisotopic (exact) mass is 1290 g/mol. The summed E-state index contributed by atoms with van der Waals surface area (Å²) in [6.07, 6.45) is 107. The number of carbonyl (C=O) groups excluding carboxylic acids is 1. The van der Waals surface area contributed by atoms with Crippen molar-refractivity contribution in [3.63, 3.8) is 0 Å². The molecule has 3 atom stereocenters. The summed E-state index contributed by atoms with van der Waals surface area (Å²) in [7, 11) is 1.24. The molecule has 91 heavy (non-hydrogen) atoms. The van der Waals surface area contributed by atoms with E-state index in [1.165, 1.54) is 212 Å². The summed E-state index contributed by atoms with van der Waals surface area (Å²) >= 11 is 0. The molecule has 0 aliphatic rings. The molecular formula is C82H145N2O6P. The first-order valence-electron chi connectivity index (χ1n) is 38.0. The van der Waals surface area contributed by atoms with Gasteiger partial charge in [0.25, 0.3) is 7.82 Å². The molecule has 2 N–H and O–H groups in total. The predicted molar refractivity (Wildman–Crippen MR) is 398 cm³/mol. The number of allylic oxidation sites excluding steroid dienone is 21. The first-order chi connectivity index (χ1) is 44.5. The normalized spacial score (nSPS) is 14.3. The fourth-order valence-electron chi connectivity index (χ4n) is 10.8. The Morgan fingerprint density at radius 2 is 0.681 bits per heavy atom. The molecule has 524 valence electrons. The van der Waals surface area contributed by atoms with E-state index in [2.05, 4.69) is 141 Å². The van der Waals surface area contributed by atoms with Crippen LogP contribution >= 0.6 is 7.82 Å². The second-order valence-electron chi connectivity index (χ2n) is 26.6. The summed E-state index contributed by atoms with van der Waals surface area (Å²) in [6, 6.07) is -0.914. The summed E-state index contributed by atoms with van der Waals surface area (Å²) in [5.41, 5.74) is 0. The number of likely N-dealkylation sites (N-methyl/N-ethyl adjacent to an activating group) is 1. The van der Waals surface area contributed by atoms with E-state index < -0.39 is 26.6 Å². The van der Waals surface area contributed by atoms with Crippen LogP contribution in [-0.2, 0) is 18.4 Å². The number of quaternary nitrogens is 1. The highest BCUT2D eigenvalue weighted by Crippen LogP contribution is 2.38. The number of carbonyl (C=O) groups is 1. The summed E-state index contributed by atoms with van der Waals surface area (Å²) in [4.78, 5) is 25.7. The molecule has 0 saturated carbocycles. The Morgan fingerprint density at radius 1 is 0.396 bits per heavy atom. The van der Waals surface area contributed by atoms with Gasteiger partial charge in [-0.15, -0.1) is 0 Å². The summed E-state index contributed by atoms with van der Waals surface area (Å²) in [5.74, 6) is -0.209. The van der Waals surface area contributed by atoms with Crippen LogP contribution in [0.3, 0.4) is 0 Å². The lowest BCUT2D eigenvalue weighted by atomic mass is 10.0. The van der Waals surface area contributed by atoms with Crippen LogP contribution in [0.2, 0.25) is 0 Å². The van der Waals surface area contributed by atoms with Gasteiger partial charge in [-0.25, -0.2) is 0 Å². The van der Waals surface area contributed by atoms with Crippen LogP contribution in [0, 0.1) is 0 Å². The minimum Gasteiger partial charge on any atom is -0.756 e. The van der Waals surface area contributed by atoms with E-state index in [1.807, 2.05) is 27.2 Å². The topological polar surface area (TPSA) is 108 Å². The number of phosphoric acid groups is 1. The Hall–Kier alpha value is -3.36. The Balaban J connectivity index is 4.08. The van der Waals surface area contributed by atoms with E-state index in [-0.39, 0.29) is 12.5 Å². The summed E-state index contributed by atoms with van der Waals surface area (Å²) in [6.45, 7) is 4.54. The first-order valence-corrected chi connectivity index (χ1v) is 39.5. The molecule has 0 spiro atoms. The fourth-order valence-corrected chi connectivity index (χ4v) is 11.5. The molecule has 0 aliphatic carbocycles. The molecule has 0 aromatic carbocycles. The molecule has 0 aromatic rings. The van der Waals surface area contributed by atoms with Gasteiger partial charge in [0.15, 0.2) is 0 Å². The van der Waals surface area contributed by atoms with Crippen molar-refractivity contribution < 1.29 is 32.9 Å². The lowest BCUT2D eigenvalue weighted by molar-refractivity contribution is -0.870. The molecule has 1 amide bonds. The third-order valence-corrected chi connectivity index (χ3v) is 17.6. The Bertz CT molecular complexity index is 1950. The number of unbranched alkanes of at least 4 members (excludes halogenated alkanes) is 36. The quantitative estimate of drug-likeness (QED) is 0.0272. The molecule has 8 nitrogen and oxygen atoms in total. The van der Waals surface area contributed by atoms with Crippen LogP contribution in [0.15, 0.2) is 134 Å². The molecular weight excluding hydrogens is 1140 g/mol. The lowest BCUT2D eigenvalue weighted by Gasteiger charge is -2.29. The van der Waals surface area contributed by atoms with Crippen LogP contribution in [-0.4, -0.2) is 68.5 Å². The van der Waals surface area contributed by atoms with Crippen molar-refractivity contribution >= 4 is 13.7 Å². The van der Waals surface area contributed by atoms with Gasteiger partial charge in [0, 0.05) is 6.42 Å². The number of rotatable bonds is 69. The van der Waals surface area contributed by atoms with Crippen molar-refractivity contribution in [3.05, 3.63) is 134 Å². The van der Waals surface area contributed by atoms with Crippen molar-refractivity contribution in [2.24, 2.45) is 0 Å². The van der Waals surface area contributed by atoms with Crippen LogP contribution in [0.25, 0.3) is 0 Å². The second-order valence-corrected chi connectivity index (χ2v) is 28.0. The molecule has 0 radical (unpaired) electrons. The van der Waals surface area contributed by atoms with E-state index in [4.69, 9.17) is 9.05 Å². The SMILES string of the molecule is CC/C=C\C/C=C\C/C=C\C/C=C\C/C=C\C/C=C\C/C=C\C/C=C\C/C=C\CCCCCCCCCCCCCCCC(=O)NC(COP(=O)([O-])OCC[N+](C)(C)C)C(O)/C=C/CC/C=C/CCCCCCCCCCCCCCCCCCCCCCCC. The van der Waals surface area contributed by atoms with Gasteiger partial charge in [-0.05, 0) is 103 Å². The van der Waals surface area contributed by atoms with Gasteiger partial charge in [0.2, 0.25) is 5.91 Å². The van der Waals surface area contributed by atoms with Crippen LogP contribution in [0.4, 0.5) is 0 Å². The fraction of sp³-hybridized carbons (Fsp3) is 0.720. The summed E-state index contributed by atoms with van der Waals surface area (Å²) < 4.78 is 23.5. The van der Waals surface area contributed by atoms with E-state index in [9.17, 15) is 19.4 Å². The molecule has 0 heterocycles. The van der Waals surface area contributed by atoms with E-state index >= 15 is 0 Å². The van der Waals surface area contributed by atoms with Crippen molar-refractivity contribution in [1.82, 2.24) is 5.32 Å². The molecule has 0 bridgehead atoms. The second kappa shape index (κ2) is 70.9. The molecule has 0 rings (SSSR count). The van der Waals surface area contributed by atoms with Crippen LogP contribution in [0.1, 0.15) is 328 Å². The molecule has 0 aliphatic heterocycles. The number of aliphatic hydroxyl groups is 1. The lowest BCUT2D eigenvalue weighted by Crippen LogP contribution is -2.45. The number of phosphoric ester groups is 1. The predicted octanol–water partition coefficient (Wildman–Crippen LogP) is 24.3. The Kier molecular flexibility index (Phi) is 68.3. The average Bonchev–Trinajstić information content (AvgIpc) is 3.59. The largest absolute Gasteiger partial charge is 0.756 e. The Labute approximate surface area is 564 Å². The molecule has 0 aromatic heterocycles. The first kappa shape index (κ1) is 87.6. The minimum atomic E-state index is -4.62. The van der Waals surface area contributed by atoms with Crippen LogP contribution < -0.4 is 10.2 Å². The van der Waals surface area contributed by atoms with E-state index in [0.29, 0.717) is 17.4 Å². The maximum Gasteiger partial charge on any atom is 0.268 e.